The molecule has 1 aromatic rings. The lowest BCUT2D eigenvalue weighted by atomic mass is 9.81. The van der Waals surface area contributed by atoms with Crippen molar-refractivity contribution >= 4 is 5.91 Å². The van der Waals surface area contributed by atoms with Gasteiger partial charge in [-0.15, -0.1) is 0 Å². The van der Waals surface area contributed by atoms with Gasteiger partial charge in [0.15, 0.2) is 5.60 Å². The van der Waals surface area contributed by atoms with Crippen LogP contribution < -0.4 is 4.74 Å². The standard InChI is InChI=1S/C21H31FN2O3/c1-20(2)8-11-23(12-9-20)15-21(26)7-4-10-24(19(21)25)14-16-13-17(27-3)5-6-18(16)22/h5-6,13,26H,4,7-12,14-15H2,1-3H3/t21-/m0/s1. The molecular formula is C21H31FN2O3. The van der Waals surface area contributed by atoms with Gasteiger partial charge in [0, 0.05) is 25.2 Å². The van der Waals surface area contributed by atoms with Gasteiger partial charge < -0.3 is 14.7 Å². The predicted octanol–water partition coefficient (Wildman–Crippen LogP) is 2.81. The van der Waals surface area contributed by atoms with Crippen LogP contribution in [0.2, 0.25) is 0 Å². The van der Waals surface area contributed by atoms with Crippen molar-refractivity contribution in [3.05, 3.63) is 29.6 Å². The maximum absolute atomic E-state index is 14.2. The van der Waals surface area contributed by atoms with E-state index in [1.54, 1.807) is 17.0 Å². The molecule has 0 unspecified atom stereocenters. The molecule has 2 aliphatic heterocycles. The van der Waals surface area contributed by atoms with E-state index in [2.05, 4.69) is 18.7 Å². The second-order valence-corrected chi connectivity index (χ2v) is 8.76. The number of benzene rings is 1. The number of carbonyl (C=O) groups excluding carboxylic acids is 1. The number of hydrogen-bond acceptors (Lipinski definition) is 4. The minimum absolute atomic E-state index is 0.150. The Morgan fingerprint density at radius 1 is 1.19 bits per heavy atom. The number of carbonyl (C=O) groups is 1. The Hall–Kier alpha value is -1.66. The summed E-state index contributed by atoms with van der Waals surface area (Å²) in [6.45, 7) is 7.35. The van der Waals surface area contributed by atoms with Crippen LogP contribution in [0.15, 0.2) is 18.2 Å². The third-order valence-corrected chi connectivity index (χ3v) is 6.01. The number of nitrogens with zero attached hydrogens (tertiary/aromatic N) is 2. The highest BCUT2D eigenvalue weighted by Crippen LogP contribution is 2.32. The molecule has 3 rings (SSSR count). The molecule has 2 saturated heterocycles. The number of piperidine rings is 2. The van der Waals surface area contributed by atoms with Crippen molar-refractivity contribution in [2.45, 2.75) is 51.7 Å². The zero-order valence-corrected chi connectivity index (χ0v) is 16.6. The highest BCUT2D eigenvalue weighted by atomic mass is 19.1. The minimum Gasteiger partial charge on any atom is -0.497 e. The monoisotopic (exact) mass is 378 g/mol. The molecule has 0 aliphatic carbocycles. The first-order chi connectivity index (χ1) is 12.7. The number of hydrogen-bond donors (Lipinski definition) is 1. The van der Waals surface area contributed by atoms with Crippen LogP contribution >= 0.6 is 0 Å². The quantitative estimate of drug-likeness (QED) is 0.856. The van der Waals surface area contributed by atoms with Gasteiger partial charge in [0.05, 0.1) is 7.11 Å². The Bertz CT molecular complexity index is 684. The zero-order valence-electron chi connectivity index (χ0n) is 16.6. The summed E-state index contributed by atoms with van der Waals surface area (Å²) in [7, 11) is 1.53. The van der Waals surface area contributed by atoms with Gasteiger partial charge in [-0.05, 0) is 62.4 Å². The highest BCUT2D eigenvalue weighted by molar-refractivity contribution is 5.86. The first kappa shape index (κ1) is 20.1. The van der Waals surface area contributed by atoms with E-state index in [1.165, 1.54) is 13.2 Å². The first-order valence-corrected chi connectivity index (χ1v) is 9.79. The Labute approximate surface area is 161 Å². The Kier molecular flexibility index (Phi) is 5.77. The lowest BCUT2D eigenvalue weighted by molar-refractivity contribution is -0.160. The Morgan fingerprint density at radius 3 is 2.56 bits per heavy atom. The number of likely N-dealkylation sites (tertiary alicyclic amines) is 2. The summed E-state index contributed by atoms with van der Waals surface area (Å²) in [5.41, 5.74) is -0.646. The summed E-state index contributed by atoms with van der Waals surface area (Å²) in [4.78, 5) is 16.8. The number of aliphatic hydroxyl groups is 1. The van der Waals surface area contributed by atoms with Gasteiger partial charge in [-0.2, -0.15) is 0 Å². The van der Waals surface area contributed by atoms with E-state index in [9.17, 15) is 14.3 Å². The van der Waals surface area contributed by atoms with Gasteiger partial charge in [0.25, 0.3) is 5.91 Å². The molecule has 150 valence electrons. The van der Waals surface area contributed by atoms with E-state index in [1.807, 2.05) is 0 Å². The van der Waals surface area contributed by atoms with Gasteiger partial charge >= 0.3 is 0 Å². The normalized spacial score (nSPS) is 26.3. The number of halogens is 1. The third-order valence-electron chi connectivity index (χ3n) is 6.01. The third kappa shape index (κ3) is 4.61. The van der Waals surface area contributed by atoms with Gasteiger partial charge in [-0.25, -0.2) is 4.39 Å². The number of methoxy groups -OCH3 is 1. The van der Waals surface area contributed by atoms with Crippen molar-refractivity contribution < 1.29 is 19.0 Å². The van der Waals surface area contributed by atoms with E-state index in [0.29, 0.717) is 42.7 Å². The molecule has 2 fully saturated rings. The molecule has 1 N–H and O–H groups in total. The summed E-state index contributed by atoms with van der Waals surface area (Å²) in [6.07, 6.45) is 3.31. The Balaban J connectivity index is 1.68. The van der Waals surface area contributed by atoms with Crippen LogP contribution in [0.25, 0.3) is 0 Å². The summed E-state index contributed by atoms with van der Waals surface area (Å²) in [5.74, 6) is -0.0983. The molecule has 0 saturated carbocycles. The molecule has 2 aliphatic rings. The zero-order chi connectivity index (χ0) is 19.7. The molecule has 1 aromatic carbocycles. The fraction of sp³-hybridized carbons (Fsp3) is 0.667. The second kappa shape index (κ2) is 7.76. The van der Waals surface area contributed by atoms with Gasteiger partial charge in [-0.1, -0.05) is 13.8 Å². The molecule has 0 radical (unpaired) electrons. The van der Waals surface area contributed by atoms with Gasteiger partial charge in [-0.3, -0.25) is 9.69 Å². The lowest BCUT2D eigenvalue weighted by Gasteiger charge is -2.43. The van der Waals surface area contributed by atoms with Crippen molar-refractivity contribution in [2.24, 2.45) is 5.41 Å². The molecule has 1 amide bonds. The van der Waals surface area contributed by atoms with Crippen molar-refractivity contribution in [3.63, 3.8) is 0 Å². The van der Waals surface area contributed by atoms with Crippen LogP contribution in [0, 0.1) is 11.2 Å². The average molecular weight is 378 g/mol. The molecule has 0 aromatic heterocycles. The van der Waals surface area contributed by atoms with Crippen molar-refractivity contribution in [1.82, 2.24) is 9.80 Å². The number of rotatable bonds is 5. The van der Waals surface area contributed by atoms with Crippen LogP contribution in [-0.2, 0) is 11.3 Å². The van der Waals surface area contributed by atoms with Crippen molar-refractivity contribution in [2.75, 3.05) is 33.3 Å². The van der Waals surface area contributed by atoms with Crippen LogP contribution in [-0.4, -0.2) is 59.7 Å². The molecule has 1 atom stereocenters. The molecule has 5 nitrogen and oxygen atoms in total. The smallest absolute Gasteiger partial charge is 0.256 e. The van der Waals surface area contributed by atoms with Crippen LogP contribution in [0.5, 0.6) is 5.75 Å². The van der Waals surface area contributed by atoms with Crippen molar-refractivity contribution in [3.8, 4) is 5.75 Å². The SMILES string of the molecule is COc1ccc(F)c(CN2CCC[C@](O)(CN3CCC(C)(C)CC3)C2=O)c1. The molecular weight excluding hydrogens is 347 g/mol. The van der Waals surface area contributed by atoms with Crippen LogP contribution in [0.1, 0.15) is 45.1 Å². The number of ether oxygens (including phenoxy) is 1. The molecule has 27 heavy (non-hydrogen) atoms. The highest BCUT2D eigenvalue weighted by Gasteiger charge is 2.44. The summed E-state index contributed by atoms with van der Waals surface area (Å²) in [6, 6.07) is 4.53. The fourth-order valence-corrected chi connectivity index (χ4v) is 4.05. The fourth-order valence-electron chi connectivity index (χ4n) is 4.05. The van der Waals surface area contributed by atoms with Crippen molar-refractivity contribution in [1.29, 1.82) is 0 Å². The van der Waals surface area contributed by atoms with E-state index >= 15 is 0 Å². The average Bonchev–Trinajstić information content (AvgIpc) is 2.63. The predicted molar refractivity (Wildman–Crippen MR) is 102 cm³/mol. The summed E-state index contributed by atoms with van der Waals surface area (Å²) >= 11 is 0. The molecule has 2 heterocycles. The van der Waals surface area contributed by atoms with Gasteiger partial charge in [0.1, 0.15) is 11.6 Å². The van der Waals surface area contributed by atoms with E-state index < -0.39 is 5.60 Å². The lowest BCUT2D eigenvalue weighted by Crippen LogP contribution is -2.59. The Morgan fingerprint density at radius 2 is 1.89 bits per heavy atom. The van der Waals surface area contributed by atoms with E-state index in [-0.39, 0.29) is 18.3 Å². The first-order valence-electron chi connectivity index (χ1n) is 9.79. The largest absolute Gasteiger partial charge is 0.497 e. The molecule has 0 bridgehead atoms. The van der Waals surface area contributed by atoms with Crippen LogP contribution in [0.3, 0.4) is 0 Å². The van der Waals surface area contributed by atoms with E-state index in [0.717, 1.165) is 25.9 Å². The van der Waals surface area contributed by atoms with E-state index in [4.69, 9.17) is 4.74 Å². The number of amides is 1. The summed E-state index contributed by atoms with van der Waals surface area (Å²) in [5, 5.41) is 11.1. The van der Waals surface area contributed by atoms with Crippen LogP contribution in [0.4, 0.5) is 4.39 Å². The minimum atomic E-state index is -1.38. The topological polar surface area (TPSA) is 53.0 Å². The summed E-state index contributed by atoms with van der Waals surface area (Å²) < 4.78 is 19.3. The second-order valence-electron chi connectivity index (χ2n) is 8.76. The maximum atomic E-state index is 14.2. The number of β-amino-alcohol motifs (C(OH)–C–C–N with tert-alkyl or cyclic N) is 1. The van der Waals surface area contributed by atoms with Gasteiger partial charge in [0.2, 0.25) is 0 Å². The molecule has 6 heteroatoms. The molecule has 0 spiro atoms. The maximum Gasteiger partial charge on any atom is 0.256 e.